The van der Waals surface area contributed by atoms with Crippen molar-refractivity contribution in [2.24, 2.45) is 0 Å². The highest BCUT2D eigenvalue weighted by atomic mass is 32.2. The van der Waals surface area contributed by atoms with Crippen molar-refractivity contribution < 1.29 is 0 Å². The molecule has 4 rings (SSSR count). The molecular formula is C22H23N5S. The molecule has 0 unspecified atom stereocenters. The van der Waals surface area contributed by atoms with Crippen LogP contribution in [-0.2, 0) is 12.3 Å². The van der Waals surface area contributed by atoms with Crippen LogP contribution in [0.2, 0.25) is 0 Å². The van der Waals surface area contributed by atoms with E-state index in [0.29, 0.717) is 12.5 Å². The molecule has 0 bridgehead atoms. The highest BCUT2D eigenvalue weighted by molar-refractivity contribution is 7.98. The number of hydrogen-bond acceptors (Lipinski definition) is 4. The smallest absolute Gasteiger partial charge is 0.192 e. The number of nitrogens with zero attached hydrogens (tertiary/aromatic N) is 5. The predicted octanol–water partition coefficient (Wildman–Crippen LogP) is 5.19. The molecule has 0 N–H and O–H groups in total. The minimum atomic E-state index is 0.511. The Labute approximate surface area is 169 Å². The molecule has 0 atom stereocenters. The minimum absolute atomic E-state index is 0.511. The van der Waals surface area contributed by atoms with Gasteiger partial charge in [0.25, 0.3) is 0 Å². The summed E-state index contributed by atoms with van der Waals surface area (Å²) in [6.07, 6.45) is 5.95. The first-order chi connectivity index (χ1) is 13.7. The highest BCUT2D eigenvalue weighted by Gasteiger charge is 2.14. The Hall–Kier alpha value is -2.86. The zero-order valence-corrected chi connectivity index (χ0v) is 16.9. The molecule has 3 heterocycles. The number of imidazole rings is 1. The summed E-state index contributed by atoms with van der Waals surface area (Å²) >= 11 is 1.64. The summed E-state index contributed by atoms with van der Waals surface area (Å²) in [5, 5.41) is 9.76. The van der Waals surface area contributed by atoms with Gasteiger partial charge < -0.3 is 4.40 Å². The lowest BCUT2D eigenvalue weighted by atomic mass is 10.0. The standard InChI is InChI=1S/C22H23N5S/c1-4-12-27-21(18-10-8-17(9-11-18)16(2)3)24-25-22(27)28-15-19-14-26-13-6-5-7-20(26)23-19/h4-11,13-14,16H,1,12,15H2,2-3H3. The van der Waals surface area contributed by atoms with E-state index in [0.717, 1.165) is 33.6 Å². The molecule has 6 heteroatoms. The van der Waals surface area contributed by atoms with Gasteiger partial charge in [0, 0.05) is 30.3 Å². The number of thioether (sulfide) groups is 1. The summed E-state index contributed by atoms with van der Waals surface area (Å²) < 4.78 is 4.14. The minimum Gasteiger partial charge on any atom is -0.307 e. The molecular weight excluding hydrogens is 366 g/mol. The Bertz CT molecular complexity index is 1060. The molecule has 0 aliphatic carbocycles. The van der Waals surface area contributed by atoms with Gasteiger partial charge in [0.1, 0.15) is 5.65 Å². The fourth-order valence-electron chi connectivity index (χ4n) is 3.12. The Balaban J connectivity index is 1.58. The summed E-state index contributed by atoms with van der Waals surface area (Å²) in [6.45, 7) is 8.96. The maximum Gasteiger partial charge on any atom is 0.192 e. The Morgan fingerprint density at radius 2 is 1.93 bits per heavy atom. The first-order valence-corrected chi connectivity index (χ1v) is 10.3. The second-order valence-corrected chi connectivity index (χ2v) is 7.91. The van der Waals surface area contributed by atoms with Gasteiger partial charge in [0.05, 0.1) is 5.69 Å². The normalized spacial score (nSPS) is 11.4. The average Bonchev–Trinajstić information content (AvgIpc) is 3.30. The lowest BCUT2D eigenvalue weighted by Crippen LogP contribution is -2.01. The van der Waals surface area contributed by atoms with Crippen molar-refractivity contribution in [1.29, 1.82) is 0 Å². The van der Waals surface area contributed by atoms with Crippen molar-refractivity contribution in [3.63, 3.8) is 0 Å². The van der Waals surface area contributed by atoms with Crippen molar-refractivity contribution >= 4 is 17.4 Å². The molecule has 3 aromatic heterocycles. The average molecular weight is 390 g/mol. The van der Waals surface area contributed by atoms with E-state index in [2.05, 4.69) is 70.6 Å². The van der Waals surface area contributed by atoms with E-state index in [1.165, 1.54) is 5.56 Å². The van der Waals surface area contributed by atoms with Gasteiger partial charge in [-0.25, -0.2) is 4.98 Å². The fourth-order valence-corrected chi connectivity index (χ4v) is 3.95. The van der Waals surface area contributed by atoms with Gasteiger partial charge in [-0.05, 0) is 23.6 Å². The van der Waals surface area contributed by atoms with Crippen LogP contribution in [0.25, 0.3) is 17.0 Å². The van der Waals surface area contributed by atoms with Crippen LogP contribution in [0, 0.1) is 0 Å². The maximum atomic E-state index is 4.66. The Morgan fingerprint density at radius 1 is 1.11 bits per heavy atom. The van der Waals surface area contributed by atoms with E-state index >= 15 is 0 Å². The monoisotopic (exact) mass is 389 g/mol. The molecule has 142 valence electrons. The Morgan fingerprint density at radius 3 is 2.64 bits per heavy atom. The summed E-state index contributed by atoms with van der Waals surface area (Å²) in [6, 6.07) is 14.6. The van der Waals surface area contributed by atoms with Crippen LogP contribution in [0.4, 0.5) is 0 Å². The van der Waals surface area contributed by atoms with Gasteiger partial charge in [0.15, 0.2) is 11.0 Å². The number of benzene rings is 1. The number of hydrogen-bond donors (Lipinski definition) is 0. The predicted molar refractivity (Wildman–Crippen MR) is 114 cm³/mol. The fraction of sp³-hybridized carbons (Fsp3) is 0.227. The number of pyridine rings is 1. The number of aromatic nitrogens is 5. The van der Waals surface area contributed by atoms with Crippen LogP contribution in [0.5, 0.6) is 0 Å². The third-order valence-electron chi connectivity index (χ3n) is 4.63. The summed E-state index contributed by atoms with van der Waals surface area (Å²) in [4.78, 5) is 4.66. The largest absolute Gasteiger partial charge is 0.307 e. The van der Waals surface area contributed by atoms with Gasteiger partial charge in [-0.3, -0.25) is 4.57 Å². The number of fused-ring (bicyclic) bond motifs is 1. The third kappa shape index (κ3) is 3.73. The lowest BCUT2D eigenvalue weighted by molar-refractivity contribution is 0.731. The van der Waals surface area contributed by atoms with Crippen LogP contribution in [0.1, 0.15) is 31.0 Å². The highest BCUT2D eigenvalue weighted by Crippen LogP contribution is 2.27. The van der Waals surface area contributed by atoms with Gasteiger partial charge in [-0.2, -0.15) is 0 Å². The van der Waals surface area contributed by atoms with Crippen LogP contribution in [0.15, 0.2) is 72.7 Å². The zero-order valence-electron chi connectivity index (χ0n) is 16.1. The molecule has 0 saturated heterocycles. The SMILES string of the molecule is C=CCn1c(SCc2cn3ccccc3n2)nnc1-c1ccc(C(C)C)cc1. The molecule has 0 fully saturated rings. The van der Waals surface area contributed by atoms with E-state index in [-0.39, 0.29) is 0 Å². The third-order valence-corrected chi connectivity index (χ3v) is 5.63. The van der Waals surface area contributed by atoms with E-state index in [9.17, 15) is 0 Å². The number of rotatable bonds is 7. The molecule has 5 nitrogen and oxygen atoms in total. The van der Waals surface area contributed by atoms with Crippen LogP contribution in [0.3, 0.4) is 0 Å². The topological polar surface area (TPSA) is 48.0 Å². The van der Waals surface area contributed by atoms with Crippen molar-refractivity contribution in [2.75, 3.05) is 0 Å². The van der Waals surface area contributed by atoms with Crippen molar-refractivity contribution in [3.8, 4) is 11.4 Å². The zero-order chi connectivity index (χ0) is 19.5. The first kappa shape index (κ1) is 18.5. The van der Waals surface area contributed by atoms with E-state index < -0.39 is 0 Å². The molecule has 0 radical (unpaired) electrons. The van der Waals surface area contributed by atoms with Crippen LogP contribution < -0.4 is 0 Å². The Kier molecular flexibility index (Phi) is 5.30. The van der Waals surface area contributed by atoms with E-state index in [1.807, 2.05) is 34.9 Å². The number of allylic oxidation sites excluding steroid dienone is 1. The summed E-state index contributed by atoms with van der Waals surface area (Å²) in [7, 11) is 0. The molecule has 0 aliphatic rings. The van der Waals surface area contributed by atoms with Gasteiger partial charge in [0.2, 0.25) is 0 Å². The first-order valence-electron chi connectivity index (χ1n) is 9.35. The molecule has 0 aliphatic heterocycles. The quantitative estimate of drug-likeness (QED) is 0.322. The molecule has 28 heavy (non-hydrogen) atoms. The van der Waals surface area contributed by atoms with Gasteiger partial charge in [-0.1, -0.05) is 62.0 Å². The molecule has 4 aromatic rings. The van der Waals surface area contributed by atoms with Gasteiger partial charge >= 0.3 is 0 Å². The van der Waals surface area contributed by atoms with E-state index in [4.69, 9.17) is 0 Å². The molecule has 0 amide bonds. The molecule has 0 saturated carbocycles. The summed E-state index contributed by atoms with van der Waals surface area (Å²) in [5.74, 6) is 2.12. The maximum absolute atomic E-state index is 4.66. The lowest BCUT2D eigenvalue weighted by Gasteiger charge is -2.09. The second-order valence-electron chi connectivity index (χ2n) is 6.97. The van der Waals surface area contributed by atoms with Crippen LogP contribution in [-0.4, -0.2) is 24.1 Å². The molecule has 1 aromatic carbocycles. The van der Waals surface area contributed by atoms with Crippen molar-refractivity contribution in [2.45, 2.75) is 37.2 Å². The van der Waals surface area contributed by atoms with Gasteiger partial charge in [-0.15, -0.1) is 16.8 Å². The molecule has 0 spiro atoms. The van der Waals surface area contributed by atoms with Crippen molar-refractivity contribution in [3.05, 3.63) is 78.8 Å². The van der Waals surface area contributed by atoms with E-state index in [1.54, 1.807) is 11.8 Å². The second kappa shape index (κ2) is 8.02. The van der Waals surface area contributed by atoms with Crippen molar-refractivity contribution in [1.82, 2.24) is 24.1 Å². The summed E-state index contributed by atoms with van der Waals surface area (Å²) in [5.41, 5.74) is 4.36. The van der Waals surface area contributed by atoms with Crippen LogP contribution >= 0.6 is 11.8 Å².